The molecule has 0 amide bonds. The molecule has 1 aromatic rings. The molecule has 4 N–H and O–H groups in total. The molecule has 0 radical (unpaired) electrons. The van der Waals surface area contributed by atoms with Crippen LogP contribution in [0.15, 0.2) is 0 Å². The van der Waals surface area contributed by atoms with Crippen molar-refractivity contribution < 1.29 is 9.84 Å². The third-order valence-electron chi connectivity index (χ3n) is 3.40. The van der Waals surface area contributed by atoms with E-state index in [0.717, 1.165) is 13.0 Å². The Kier molecular flexibility index (Phi) is 4.56. The van der Waals surface area contributed by atoms with Gasteiger partial charge in [-0.05, 0) is 26.2 Å². The van der Waals surface area contributed by atoms with Crippen LogP contribution in [-0.2, 0) is 0 Å². The van der Waals surface area contributed by atoms with Crippen LogP contribution in [0.2, 0.25) is 0 Å². The van der Waals surface area contributed by atoms with Gasteiger partial charge < -0.3 is 14.7 Å². The molecule has 112 valence electrons. The van der Waals surface area contributed by atoms with Crippen LogP contribution in [0.5, 0.6) is 6.01 Å². The first-order chi connectivity index (χ1) is 9.55. The van der Waals surface area contributed by atoms with Crippen molar-refractivity contribution in [2.45, 2.75) is 39.3 Å². The number of nitrogens with one attached hydrogen (secondary N) is 1. The lowest BCUT2D eigenvalue weighted by Crippen LogP contribution is -2.36. The van der Waals surface area contributed by atoms with Gasteiger partial charge in [-0.2, -0.15) is 15.0 Å². The lowest BCUT2D eigenvalue weighted by molar-refractivity contribution is 0.220. The predicted octanol–water partition coefficient (Wildman–Crippen LogP) is 0.152. The Bertz CT molecular complexity index is 456. The zero-order chi connectivity index (χ0) is 14.7. The lowest BCUT2D eigenvalue weighted by Gasteiger charge is -2.25. The molecule has 0 saturated carbocycles. The molecule has 1 aliphatic rings. The number of nitrogens with two attached hydrogens (primary N) is 1. The number of rotatable bonds is 5. The van der Waals surface area contributed by atoms with E-state index in [2.05, 4.69) is 27.3 Å². The van der Waals surface area contributed by atoms with E-state index >= 15 is 0 Å². The summed E-state index contributed by atoms with van der Waals surface area (Å²) in [5, 5.41) is 9.52. The SMILES string of the molecule is CC(C)Oc1nc(NN)nc(N2CCC(C)C2CO)n1. The van der Waals surface area contributed by atoms with Crippen LogP contribution in [0.4, 0.5) is 11.9 Å². The third-order valence-corrected chi connectivity index (χ3v) is 3.40. The lowest BCUT2D eigenvalue weighted by atomic mass is 10.0. The van der Waals surface area contributed by atoms with E-state index < -0.39 is 0 Å². The molecule has 0 bridgehead atoms. The van der Waals surface area contributed by atoms with E-state index in [-0.39, 0.29) is 30.7 Å². The first-order valence-corrected chi connectivity index (χ1v) is 6.82. The minimum Gasteiger partial charge on any atom is -0.461 e. The van der Waals surface area contributed by atoms with Gasteiger partial charge in [0.1, 0.15) is 0 Å². The summed E-state index contributed by atoms with van der Waals surface area (Å²) in [5.41, 5.74) is 2.42. The van der Waals surface area contributed by atoms with Crippen LogP contribution in [0.1, 0.15) is 27.2 Å². The van der Waals surface area contributed by atoms with E-state index in [0.29, 0.717) is 11.9 Å². The van der Waals surface area contributed by atoms with Crippen LogP contribution < -0.4 is 20.9 Å². The van der Waals surface area contributed by atoms with Crippen molar-refractivity contribution in [3.05, 3.63) is 0 Å². The molecule has 0 aromatic carbocycles. The van der Waals surface area contributed by atoms with Crippen LogP contribution >= 0.6 is 0 Å². The monoisotopic (exact) mass is 282 g/mol. The number of aromatic nitrogens is 3. The molecular formula is C12H22N6O2. The largest absolute Gasteiger partial charge is 0.461 e. The number of hydrogen-bond acceptors (Lipinski definition) is 8. The van der Waals surface area contributed by atoms with E-state index in [1.54, 1.807) is 0 Å². The number of aliphatic hydroxyl groups is 1. The molecule has 1 aromatic heterocycles. The molecule has 2 atom stereocenters. The summed E-state index contributed by atoms with van der Waals surface area (Å²) < 4.78 is 5.51. The van der Waals surface area contributed by atoms with Gasteiger partial charge in [-0.15, -0.1) is 0 Å². The number of hydrogen-bond donors (Lipinski definition) is 3. The summed E-state index contributed by atoms with van der Waals surface area (Å²) in [7, 11) is 0. The summed E-state index contributed by atoms with van der Waals surface area (Å²) in [6, 6.07) is 0.240. The van der Waals surface area contributed by atoms with Crippen molar-refractivity contribution in [1.82, 2.24) is 15.0 Å². The van der Waals surface area contributed by atoms with Gasteiger partial charge in [0.05, 0.1) is 18.8 Å². The van der Waals surface area contributed by atoms with E-state index in [1.807, 2.05) is 18.7 Å². The molecule has 2 heterocycles. The Morgan fingerprint density at radius 3 is 2.80 bits per heavy atom. The third kappa shape index (κ3) is 3.07. The zero-order valence-electron chi connectivity index (χ0n) is 12.1. The summed E-state index contributed by atoms with van der Waals surface area (Å²) in [4.78, 5) is 14.6. The Morgan fingerprint density at radius 1 is 1.45 bits per heavy atom. The molecule has 1 saturated heterocycles. The quantitative estimate of drug-likeness (QED) is 0.517. The normalized spacial score (nSPS) is 22.4. The van der Waals surface area contributed by atoms with Crippen molar-refractivity contribution in [2.75, 3.05) is 23.5 Å². The summed E-state index contributed by atoms with van der Waals surface area (Å²) >= 11 is 0. The number of nitrogen functional groups attached to an aromatic ring is 1. The van der Waals surface area contributed by atoms with Gasteiger partial charge >= 0.3 is 6.01 Å². The fourth-order valence-corrected chi connectivity index (χ4v) is 2.34. The second kappa shape index (κ2) is 6.19. The highest BCUT2D eigenvalue weighted by Gasteiger charge is 2.33. The Labute approximate surface area is 118 Å². The summed E-state index contributed by atoms with van der Waals surface area (Å²) in [5.74, 6) is 6.51. The molecule has 2 unspecified atom stereocenters. The van der Waals surface area contributed by atoms with Gasteiger partial charge in [0.15, 0.2) is 0 Å². The Balaban J connectivity index is 2.30. The van der Waals surface area contributed by atoms with E-state index in [1.165, 1.54) is 0 Å². The Hall–Kier alpha value is -1.67. The molecule has 2 rings (SSSR count). The smallest absolute Gasteiger partial charge is 0.323 e. The fourth-order valence-electron chi connectivity index (χ4n) is 2.34. The minimum atomic E-state index is -0.0398. The van der Waals surface area contributed by atoms with Gasteiger partial charge in [-0.25, -0.2) is 5.84 Å². The molecule has 8 heteroatoms. The second-order valence-electron chi connectivity index (χ2n) is 5.26. The number of aliphatic hydroxyl groups excluding tert-OH is 1. The maximum atomic E-state index is 9.52. The van der Waals surface area contributed by atoms with Crippen LogP contribution in [-0.4, -0.2) is 45.4 Å². The van der Waals surface area contributed by atoms with E-state index in [4.69, 9.17) is 10.6 Å². The average Bonchev–Trinajstić information content (AvgIpc) is 2.78. The molecular weight excluding hydrogens is 260 g/mol. The van der Waals surface area contributed by atoms with Gasteiger partial charge in [-0.3, -0.25) is 5.43 Å². The molecule has 1 aliphatic heterocycles. The Morgan fingerprint density at radius 2 is 2.20 bits per heavy atom. The highest BCUT2D eigenvalue weighted by atomic mass is 16.5. The highest BCUT2D eigenvalue weighted by molar-refractivity contribution is 5.40. The van der Waals surface area contributed by atoms with Crippen molar-refractivity contribution in [1.29, 1.82) is 0 Å². The number of anilines is 2. The maximum Gasteiger partial charge on any atom is 0.323 e. The standard InChI is InChI=1S/C12H22N6O2/c1-7(2)20-12-15-10(17-13)14-11(16-12)18-5-4-8(3)9(18)6-19/h7-9,19H,4-6,13H2,1-3H3,(H,14,15,16,17). The molecule has 0 aliphatic carbocycles. The number of nitrogens with zero attached hydrogens (tertiary/aromatic N) is 4. The maximum absolute atomic E-state index is 9.52. The number of ether oxygens (including phenoxy) is 1. The van der Waals surface area contributed by atoms with Crippen molar-refractivity contribution in [3.8, 4) is 6.01 Å². The van der Waals surface area contributed by atoms with Crippen LogP contribution in [0.3, 0.4) is 0 Å². The minimum absolute atomic E-state index is 0.00919. The molecule has 20 heavy (non-hydrogen) atoms. The molecule has 8 nitrogen and oxygen atoms in total. The second-order valence-corrected chi connectivity index (χ2v) is 5.26. The van der Waals surface area contributed by atoms with Gasteiger partial charge in [0.25, 0.3) is 0 Å². The fraction of sp³-hybridized carbons (Fsp3) is 0.750. The average molecular weight is 282 g/mol. The summed E-state index contributed by atoms with van der Waals surface area (Å²) in [6.07, 6.45) is 0.949. The van der Waals surface area contributed by atoms with Crippen LogP contribution in [0, 0.1) is 5.92 Å². The van der Waals surface area contributed by atoms with E-state index in [9.17, 15) is 5.11 Å². The van der Waals surface area contributed by atoms with Gasteiger partial charge in [-0.1, -0.05) is 6.92 Å². The first kappa shape index (κ1) is 14.7. The predicted molar refractivity (Wildman–Crippen MR) is 75.4 cm³/mol. The highest BCUT2D eigenvalue weighted by Crippen LogP contribution is 2.28. The van der Waals surface area contributed by atoms with Crippen molar-refractivity contribution >= 4 is 11.9 Å². The summed E-state index contributed by atoms with van der Waals surface area (Å²) in [6.45, 7) is 6.76. The van der Waals surface area contributed by atoms with Crippen molar-refractivity contribution in [3.63, 3.8) is 0 Å². The first-order valence-electron chi connectivity index (χ1n) is 6.82. The van der Waals surface area contributed by atoms with Gasteiger partial charge in [0.2, 0.25) is 11.9 Å². The topological polar surface area (TPSA) is 109 Å². The molecule has 0 spiro atoms. The van der Waals surface area contributed by atoms with Crippen molar-refractivity contribution in [2.24, 2.45) is 11.8 Å². The van der Waals surface area contributed by atoms with Crippen LogP contribution in [0.25, 0.3) is 0 Å². The van der Waals surface area contributed by atoms with Gasteiger partial charge in [0, 0.05) is 6.54 Å². The number of hydrazine groups is 1. The zero-order valence-corrected chi connectivity index (χ0v) is 12.1. The molecule has 1 fully saturated rings.